The standard InChI is InChI=1S/C17H23NS/c1-5-14-9-6-8-13(4)17(14)18-16(12(2)3)15-10-7-11-19-15/h6-12,16,18H,5H2,1-4H3. The first-order chi connectivity index (χ1) is 9.13. The maximum absolute atomic E-state index is 3.78. The van der Waals surface area contributed by atoms with Crippen LogP contribution >= 0.6 is 11.3 Å². The molecule has 1 aromatic carbocycles. The van der Waals surface area contributed by atoms with Crippen LogP contribution in [0.15, 0.2) is 35.7 Å². The minimum absolute atomic E-state index is 0.395. The average Bonchev–Trinajstić information content (AvgIpc) is 2.90. The molecule has 1 aromatic heterocycles. The Labute approximate surface area is 120 Å². The summed E-state index contributed by atoms with van der Waals surface area (Å²) in [6, 6.07) is 11.3. The second-order valence-electron chi connectivity index (χ2n) is 5.34. The summed E-state index contributed by atoms with van der Waals surface area (Å²) in [5, 5.41) is 5.94. The zero-order chi connectivity index (χ0) is 13.8. The summed E-state index contributed by atoms with van der Waals surface area (Å²) >= 11 is 1.84. The van der Waals surface area contributed by atoms with Gasteiger partial charge in [0.2, 0.25) is 0 Å². The first-order valence-electron chi connectivity index (χ1n) is 7.02. The van der Waals surface area contributed by atoms with Crippen molar-refractivity contribution in [2.75, 3.05) is 5.32 Å². The lowest BCUT2D eigenvalue weighted by Crippen LogP contribution is -2.17. The van der Waals surface area contributed by atoms with E-state index < -0.39 is 0 Å². The van der Waals surface area contributed by atoms with Crippen LogP contribution < -0.4 is 5.32 Å². The molecule has 19 heavy (non-hydrogen) atoms. The van der Waals surface area contributed by atoms with Crippen LogP contribution in [0.2, 0.25) is 0 Å². The largest absolute Gasteiger partial charge is 0.377 e. The number of rotatable bonds is 5. The molecule has 2 rings (SSSR count). The summed E-state index contributed by atoms with van der Waals surface area (Å²) in [5.74, 6) is 0.572. The number of nitrogens with one attached hydrogen (secondary N) is 1. The van der Waals surface area contributed by atoms with Crippen molar-refractivity contribution in [3.05, 3.63) is 51.7 Å². The van der Waals surface area contributed by atoms with Gasteiger partial charge in [-0.05, 0) is 41.8 Å². The van der Waals surface area contributed by atoms with Gasteiger partial charge in [-0.2, -0.15) is 0 Å². The van der Waals surface area contributed by atoms with Gasteiger partial charge in [0.05, 0.1) is 6.04 Å². The Morgan fingerprint density at radius 1 is 1.16 bits per heavy atom. The van der Waals surface area contributed by atoms with E-state index in [0.717, 1.165) is 6.42 Å². The van der Waals surface area contributed by atoms with E-state index in [1.165, 1.54) is 21.7 Å². The third-order valence-corrected chi connectivity index (χ3v) is 4.51. The topological polar surface area (TPSA) is 12.0 Å². The van der Waals surface area contributed by atoms with Gasteiger partial charge in [0.25, 0.3) is 0 Å². The lowest BCUT2D eigenvalue weighted by molar-refractivity contribution is 0.553. The fourth-order valence-corrected chi connectivity index (χ4v) is 3.37. The Morgan fingerprint density at radius 2 is 1.95 bits per heavy atom. The second kappa shape index (κ2) is 6.25. The van der Waals surface area contributed by atoms with Gasteiger partial charge in [0.1, 0.15) is 0 Å². The Bertz CT molecular complexity index is 514. The minimum Gasteiger partial charge on any atom is -0.377 e. The quantitative estimate of drug-likeness (QED) is 0.766. The van der Waals surface area contributed by atoms with Crippen molar-refractivity contribution in [3.8, 4) is 0 Å². The molecule has 0 aliphatic carbocycles. The molecule has 0 bridgehead atoms. The van der Waals surface area contributed by atoms with Crippen LogP contribution in [0.4, 0.5) is 5.69 Å². The molecule has 0 saturated carbocycles. The molecule has 1 nitrogen and oxygen atoms in total. The molecule has 1 heterocycles. The highest BCUT2D eigenvalue weighted by Gasteiger charge is 2.18. The van der Waals surface area contributed by atoms with Crippen molar-refractivity contribution in [3.63, 3.8) is 0 Å². The van der Waals surface area contributed by atoms with Crippen LogP contribution in [0.3, 0.4) is 0 Å². The Balaban J connectivity index is 2.32. The normalized spacial score (nSPS) is 12.7. The van der Waals surface area contributed by atoms with Gasteiger partial charge >= 0.3 is 0 Å². The molecule has 102 valence electrons. The summed E-state index contributed by atoms with van der Waals surface area (Å²) < 4.78 is 0. The van der Waals surface area contributed by atoms with Crippen LogP contribution in [0.25, 0.3) is 0 Å². The van der Waals surface area contributed by atoms with Gasteiger partial charge < -0.3 is 5.32 Å². The van der Waals surface area contributed by atoms with E-state index in [9.17, 15) is 0 Å². The van der Waals surface area contributed by atoms with Gasteiger partial charge in [0, 0.05) is 10.6 Å². The summed E-state index contributed by atoms with van der Waals surface area (Å²) in [7, 11) is 0. The van der Waals surface area contributed by atoms with E-state index in [-0.39, 0.29) is 0 Å². The van der Waals surface area contributed by atoms with Crippen molar-refractivity contribution in [1.82, 2.24) is 0 Å². The summed E-state index contributed by atoms with van der Waals surface area (Å²) in [4.78, 5) is 1.42. The average molecular weight is 273 g/mol. The molecule has 0 aliphatic rings. The molecule has 0 aliphatic heterocycles. The van der Waals surface area contributed by atoms with Crippen molar-refractivity contribution < 1.29 is 0 Å². The number of aryl methyl sites for hydroxylation is 2. The van der Waals surface area contributed by atoms with Gasteiger partial charge in [-0.25, -0.2) is 0 Å². The van der Waals surface area contributed by atoms with E-state index in [2.05, 4.69) is 68.7 Å². The molecule has 0 radical (unpaired) electrons. The third kappa shape index (κ3) is 3.19. The molecule has 0 saturated heterocycles. The fourth-order valence-electron chi connectivity index (χ4n) is 2.42. The van der Waals surface area contributed by atoms with Gasteiger partial charge in [-0.15, -0.1) is 11.3 Å². The smallest absolute Gasteiger partial charge is 0.0629 e. The van der Waals surface area contributed by atoms with Crippen molar-refractivity contribution in [2.24, 2.45) is 5.92 Å². The molecule has 0 fully saturated rings. The molecule has 1 N–H and O–H groups in total. The molecule has 1 atom stereocenters. The predicted molar refractivity (Wildman–Crippen MR) is 86.1 cm³/mol. The Morgan fingerprint density at radius 3 is 2.53 bits per heavy atom. The first kappa shape index (κ1) is 14.1. The molecule has 2 aromatic rings. The highest BCUT2D eigenvalue weighted by molar-refractivity contribution is 7.10. The zero-order valence-electron chi connectivity index (χ0n) is 12.2. The van der Waals surface area contributed by atoms with E-state index in [0.29, 0.717) is 12.0 Å². The minimum atomic E-state index is 0.395. The Kier molecular flexibility index (Phi) is 4.65. The lowest BCUT2D eigenvalue weighted by atomic mass is 9.99. The lowest BCUT2D eigenvalue weighted by Gasteiger charge is -2.25. The highest BCUT2D eigenvalue weighted by atomic mass is 32.1. The number of hydrogen-bond acceptors (Lipinski definition) is 2. The second-order valence-corrected chi connectivity index (χ2v) is 6.32. The number of para-hydroxylation sites is 1. The molecule has 0 amide bonds. The van der Waals surface area contributed by atoms with Crippen LogP contribution in [0.5, 0.6) is 0 Å². The number of anilines is 1. The van der Waals surface area contributed by atoms with E-state index in [4.69, 9.17) is 0 Å². The van der Waals surface area contributed by atoms with Crippen LogP contribution in [0.1, 0.15) is 42.8 Å². The molecule has 0 spiro atoms. The molecular formula is C17H23NS. The van der Waals surface area contributed by atoms with E-state index in [1.54, 1.807) is 0 Å². The molecule has 1 unspecified atom stereocenters. The number of hydrogen-bond donors (Lipinski definition) is 1. The van der Waals surface area contributed by atoms with Gasteiger partial charge in [-0.1, -0.05) is 45.0 Å². The predicted octanol–water partition coefficient (Wildman–Crippen LogP) is 5.43. The third-order valence-electron chi connectivity index (χ3n) is 3.56. The zero-order valence-corrected chi connectivity index (χ0v) is 13.1. The van der Waals surface area contributed by atoms with Crippen LogP contribution in [-0.4, -0.2) is 0 Å². The number of thiophene rings is 1. The monoisotopic (exact) mass is 273 g/mol. The van der Waals surface area contributed by atoms with Crippen molar-refractivity contribution >= 4 is 17.0 Å². The van der Waals surface area contributed by atoms with Crippen LogP contribution in [0, 0.1) is 12.8 Å². The maximum atomic E-state index is 3.78. The van der Waals surface area contributed by atoms with Crippen LogP contribution in [-0.2, 0) is 6.42 Å². The van der Waals surface area contributed by atoms with E-state index in [1.807, 2.05) is 11.3 Å². The summed E-state index contributed by atoms with van der Waals surface area (Å²) in [6.07, 6.45) is 1.07. The maximum Gasteiger partial charge on any atom is 0.0629 e. The van der Waals surface area contributed by atoms with Crippen molar-refractivity contribution in [2.45, 2.75) is 40.2 Å². The first-order valence-corrected chi connectivity index (χ1v) is 7.89. The molecule has 2 heteroatoms. The van der Waals surface area contributed by atoms with E-state index >= 15 is 0 Å². The summed E-state index contributed by atoms with van der Waals surface area (Å²) in [6.45, 7) is 8.96. The highest BCUT2D eigenvalue weighted by Crippen LogP contribution is 2.32. The number of benzene rings is 1. The SMILES string of the molecule is CCc1cccc(C)c1NC(c1cccs1)C(C)C. The Hall–Kier alpha value is -1.28. The van der Waals surface area contributed by atoms with Gasteiger partial charge in [-0.3, -0.25) is 0 Å². The molecular weight excluding hydrogens is 250 g/mol. The summed E-state index contributed by atoms with van der Waals surface area (Å²) in [5.41, 5.74) is 4.06. The fraction of sp³-hybridized carbons (Fsp3) is 0.412. The van der Waals surface area contributed by atoms with Gasteiger partial charge in [0.15, 0.2) is 0 Å². The van der Waals surface area contributed by atoms with Crippen molar-refractivity contribution in [1.29, 1.82) is 0 Å².